The van der Waals surface area contributed by atoms with Crippen molar-refractivity contribution in [2.45, 2.75) is 218 Å². The van der Waals surface area contributed by atoms with Crippen LogP contribution in [0.4, 0.5) is 0 Å². The number of fused-ring (bicyclic) bond motifs is 7. The lowest BCUT2D eigenvalue weighted by molar-refractivity contribution is -0.397. The summed E-state index contributed by atoms with van der Waals surface area (Å²) in [4.78, 5) is 13.2. The van der Waals surface area contributed by atoms with Crippen LogP contribution in [0.25, 0.3) is 0 Å². The molecule has 0 amide bonds. The largest absolute Gasteiger partial charge is 0.481 e. The van der Waals surface area contributed by atoms with Crippen LogP contribution in [-0.2, 0) is 33.2 Å². The molecule has 8 aliphatic rings. The van der Waals surface area contributed by atoms with E-state index in [-0.39, 0.29) is 33.5 Å². The highest BCUT2D eigenvalue weighted by Crippen LogP contribution is 2.76. The summed E-state index contributed by atoms with van der Waals surface area (Å²) >= 11 is 0. The summed E-state index contributed by atoms with van der Waals surface area (Å²) in [7, 11) is 0. The highest BCUT2D eigenvalue weighted by atomic mass is 16.8. The monoisotopic (exact) mass is 927 g/mol. The van der Waals surface area contributed by atoms with Crippen molar-refractivity contribution in [1.82, 2.24) is 0 Å². The topological polar surface area (TPSA) is 275 Å². The lowest BCUT2D eigenvalue weighted by Gasteiger charge is -2.71. The van der Waals surface area contributed by atoms with Gasteiger partial charge in [0.15, 0.2) is 18.9 Å². The highest BCUT2D eigenvalue weighted by Gasteiger charge is 2.70. The second-order valence-corrected chi connectivity index (χ2v) is 23.5. The smallest absolute Gasteiger partial charge is 0.310 e. The van der Waals surface area contributed by atoms with Crippen LogP contribution < -0.4 is 0 Å². The second kappa shape index (κ2) is 17.5. The van der Waals surface area contributed by atoms with Crippen LogP contribution in [0.2, 0.25) is 0 Å². The fourth-order valence-corrected chi connectivity index (χ4v) is 15.1. The molecule has 10 N–H and O–H groups in total. The first-order chi connectivity index (χ1) is 30.3. The Kier molecular flexibility index (Phi) is 13.4. The fourth-order valence-electron chi connectivity index (χ4n) is 15.1. The van der Waals surface area contributed by atoms with Crippen LogP contribution in [-0.4, -0.2) is 168 Å². The molecule has 372 valence electrons. The molecule has 7 fully saturated rings. The van der Waals surface area contributed by atoms with E-state index in [1.165, 1.54) is 12.5 Å². The fraction of sp³-hybridized carbons (Fsp3) is 0.938. The van der Waals surface area contributed by atoms with Gasteiger partial charge in [0.1, 0.15) is 67.1 Å². The molecule has 23 atom stereocenters. The standard InChI is InChI=1S/C48H78O17/c1-22-30(51)33(54)36(57)39(60-22)64-38-35(56)32(53)26(21-50)62-41(38)65-37-34(55)31(52)25(20-49)61-40(37)63-29-12-13-45(6)27(44(29,4)5)11-14-47(8)28(45)10-9-23-24-19-43(2,3)15-17-48(24,42(58)59)18-16-46(23,47)7/h9,22,24-41,49-57H,10-21H2,1-8H3,(H,58,59). The summed E-state index contributed by atoms with van der Waals surface area (Å²) in [6.45, 7) is 16.3. The van der Waals surface area contributed by atoms with Crippen molar-refractivity contribution in [2.75, 3.05) is 13.2 Å². The number of carboxylic acid groups (broad SMARTS) is 1. The molecule has 3 heterocycles. The van der Waals surface area contributed by atoms with Gasteiger partial charge < -0.3 is 79.5 Å². The number of rotatable bonds is 9. The van der Waals surface area contributed by atoms with E-state index in [1.54, 1.807) is 0 Å². The Hall–Kier alpha value is -1.39. The number of allylic oxidation sites excluding steroid dienone is 2. The minimum Gasteiger partial charge on any atom is -0.481 e. The van der Waals surface area contributed by atoms with Crippen molar-refractivity contribution in [2.24, 2.45) is 50.2 Å². The molecule has 0 aromatic carbocycles. The number of aliphatic hydroxyl groups is 9. The second-order valence-electron chi connectivity index (χ2n) is 23.5. The van der Waals surface area contributed by atoms with Gasteiger partial charge in [-0.1, -0.05) is 60.1 Å². The van der Waals surface area contributed by atoms with E-state index >= 15 is 0 Å². The van der Waals surface area contributed by atoms with Crippen molar-refractivity contribution in [3.05, 3.63) is 11.6 Å². The van der Waals surface area contributed by atoms with Gasteiger partial charge in [-0.15, -0.1) is 0 Å². The van der Waals surface area contributed by atoms with E-state index in [0.717, 1.165) is 44.9 Å². The maximum atomic E-state index is 13.2. The maximum absolute atomic E-state index is 13.2. The first kappa shape index (κ1) is 50.0. The van der Waals surface area contributed by atoms with Gasteiger partial charge in [0, 0.05) is 0 Å². The third kappa shape index (κ3) is 7.81. The average Bonchev–Trinajstić information content (AvgIpc) is 3.24. The van der Waals surface area contributed by atoms with Crippen molar-refractivity contribution in [3.63, 3.8) is 0 Å². The maximum Gasteiger partial charge on any atom is 0.310 e. The van der Waals surface area contributed by atoms with Crippen molar-refractivity contribution in [1.29, 1.82) is 0 Å². The molecule has 3 saturated heterocycles. The molecule has 4 saturated carbocycles. The Morgan fingerprint density at radius 1 is 0.646 bits per heavy atom. The Labute approximate surface area is 382 Å². The summed E-state index contributed by atoms with van der Waals surface area (Å²) in [5.74, 6) is -0.153. The lowest BCUT2D eigenvalue weighted by Crippen LogP contribution is -2.67. The summed E-state index contributed by atoms with van der Waals surface area (Å²) in [6, 6.07) is 0. The normalized spacial score (nSPS) is 54.0. The molecule has 17 nitrogen and oxygen atoms in total. The van der Waals surface area contributed by atoms with Crippen LogP contribution in [0.5, 0.6) is 0 Å². The molecule has 17 heteroatoms. The Balaban J connectivity index is 1.05. The lowest BCUT2D eigenvalue weighted by atomic mass is 9.33. The summed E-state index contributed by atoms with van der Waals surface area (Å²) in [6.07, 6.45) is -13.5. The predicted octanol–water partition coefficient (Wildman–Crippen LogP) is 1.73. The van der Waals surface area contributed by atoms with Crippen molar-refractivity contribution < 1.29 is 84.3 Å². The minimum atomic E-state index is -1.83. The van der Waals surface area contributed by atoms with Crippen LogP contribution in [0.1, 0.15) is 120 Å². The van der Waals surface area contributed by atoms with Gasteiger partial charge in [0.05, 0.1) is 30.8 Å². The predicted molar refractivity (Wildman–Crippen MR) is 229 cm³/mol. The van der Waals surface area contributed by atoms with Gasteiger partial charge in [-0.25, -0.2) is 0 Å². The molecule has 0 bridgehead atoms. The van der Waals surface area contributed by atoms with E-state index in [0.29, 0.717) is 25.2 Å². The van der Waals surface area contributed by atoms with E-state index in [2.05, 4.69) is 54.5 Å². The van der Waals surface area contributed by atoms with Crippen LogP contribution >= 0.6 is 0 Å². The molecular weight excluding hydrogens is 849 g/mol. The van der Waals surface area contributed by atoms with E-state index < -0.39 is 128 Å². The number of ether oxygens (including phenoxy) is 6. The molecule has 0 aromatic heterocycles. The van der Waals surface area contributed by atoms with Crippen LogP contribution in [0.3, 0.4) is 0 Å². The third-order valence-corrected chi connectivity index (χ3v) is 19.3. The van der Waals surface area contributed by atoms with Gasteiger partial charge in [-0.2, -0.15) is 0 Å². The average molecular weight is 927 g/mol. The molecule has 0 radical (unpaired) electrons. The van der Waals surface area contributed by atoms with E-state index in [4.69, 9.17) is 28.4 Å². The van der Waals surface area contributed by atoms with Crippen LogP contribution in [0.15, 0.2) is 11.6 Å². The van der Waals surface area contributed by atoms with Crippen molar-refractivity contribution >= 4 is 5.97 Å². The number of aliphatic hydroxyl groups excluding tert-OH is 9. The molecule has 8 rings (SSSR count). The Morgan fingerprint density at radius 3 is 1.80 bits per heavy atom. The number of carboxylic acids is 1. The Morgan fingerprint density at radius 2 is 1.22 bits per heavy atom. The van der Waals surface area contributed by atoms with Crippen molar-refractivity contribution in [3.8, 4) is 0 Å². The van der Waals surface area contributed by atoms with Gasteiger partial charge >= 0.3 is 5.97 Å². The van der Waals surface area contributed by atoms with Gasteiger partial charge in [0.25, 0.3) is 0 Å². The number of aliphatic carboxylic acids is 1. The summed E-state index contributed by atoms with van der Waals surface area (Å²) < 4.78 is 36.8. The zero-order valence-electron chi connectivity index (χ0n) is 39.4. The molecule has 23 unspecified atom stereocenters. The minimum absolute atomic E-state index is 0.00942. The summed E-state index contributed by atoms with van der Waals surface area (Å²) in [5.41, 5.74) is -0.116. The first-order valence-electron chi connectivity index (χ1n) is 24.2. The Bertz CT molecular complexity index is 1780. The molecule has 5 aliphatic carbocycles. The first-order valence-corrected chi connectivity index (χ1v) is 24.2. The number of hydrogen-bond acceptors (Lipinski definition) is 16. The van der Waals surface area contributed by atoms with E-state index in [1.807, 2.05) is 0 Å². The highest BCUT2D eigenvalue weighted by molar-refractivity contribution is 5.76. The zero-order chi connectivity index (χ0) is 47.6. The SMILES string of the molecule is CC1OC(OC2C(OC3C(OC4CCC5(C)C(CCC6(C)C5CC=C5C7CC(C)(C)CCC7(C(=O)O)CCC56C)C4(C)C)OC(CO)C(O)C3O)OC(CO)C(O)C2O)C(O)C(O)C1O. The molecule has 3 aliphatic heterocycles. The zero-order valence-corrected chi connectivity index (χ0v) is 39.4. The quantitative estimate of drug-likeness (QED) is 0.117. The number of hydrogen-bond donors (Lipinski definition) is 10. The molecule has 0 aromatic rings. The number of carbonyl (C=O) groups is 1. The van der Waals surface area contributed by atoms with E-state index in [9.17, 15) is 55.9 Å². The molecule has 0 spiro atoms. The van der Waals surface area contributed by atoms with Gasteiger partial charge in [-0.05, 0) is 116 Å². The van der Waals surface area contributed by atoms with Crippen LogP contribution in [0, 0.1) is 50.2 Å². The molecular formula is C48H78O17. The van der Waals surface area contributed by atoms with Gasteiger partial charge in [-0.3, -0.25) is 4.79 Å². The third-order valence-electron chi connectivity index (χ3n) is 19.3. The summed E-state index contributed by atoms with van der Waals surface area (Å²) in [5, 5.41) is 108. The van der Waals surface area contributed by atoms with Gasteiger partial charge in [0.2, 0.25) is 0 Å². The molecule has 65 heavy (non-hydrogen) atoms.